The molecule has 4 heteroatoms. The van der Waals surface area contributed by atoms with Crippen LogP contribution in [-0.2, 0) is 0 Å². The first-order valence-corrected chi connectivity index (χ1v) is 4.81. The fraction of sp³-hybridized carbons (Fsp3) is 0.500. The molecule has 1 aromatic heterocycles. The van der Waals surface area contributed by atoms with E-state index < -0.39 is 0 Å². The zero-order chi connectivity index (χ0) is 10.3. The van der Waals surface area contributed by atoms with E-state index in [1.807, 2.05) is 11.9 Å². The lowest BCUT2D eigenvalue weighted by atomic mass is 10.1. The summed E-state index contributed by atoms with van der Waals surface area (Å²) >= 11 is 0. The largest absolute Gasteiger partial charge is 0.405 e. The van der Waals surface area contributed by atoms with Crippen molar-refractivity contribution in [2.24, 2.45) is 0 Å². The number of hydrogen-bond acceptors (Lipinski definition) is 4. The average Bonchev–Trinajstić information content (AvgIpc) is 2.42. The molecule has 0 fully saturated rings. The van der Waals surface area contributed by atoms with Gasteiger partial charge in [-0.05, 0) is 19.4 Å². The summed E-state index contributed by atoms with van der Waals surface area (Å²) in [5, 5.41) is 2.04. The Kier molecular flexibility index (Phi) is 2.07. The maximum Gasteiger partial charge on any atom is 0.337 e. The number of fused-ring (bicyclic) bond motifs is 1. The molecule has 76 valence electrons. The Morgan fingerprint density at radius 3 is 3.00 bits per heavy atom. The van der Waals surface area contributed by atoms with Gasteiger partial charge in [-0.3, -0.25) is 5.43 Å². The molecule has 1 aromatic rings. The maximum atomic E-state index is 11.1. The number of nitrogens with zero attached hydrogens (tertiary/aromatic N) is 1. The quantitative estimate of drug-likeness (QED) is 0.738. The second-order valence-electron chi connectivity index (χ2n) is 3.57. The summed E-state index contributed by atoms with van der Waals surface area (Å²) in [5.74, 6) is 0.601. The van der Waals surface area contributed by atoms with E-state index in [0.29, 0.717) is 5.88 Å². The van der Waals surface area contributed by atoms with Crippen LogP contribution in [-0.4, -0.2) is 11.6 Å². The summed E-state index contributed by atoms with van der Waals surface area (Å²) in [5.41, 5.74) is 4.87. The Balaban J connectivity index is 2.53. The molecule has 4 nitrogen and oxygen atoms in total. The van der Waals surface area contributed by atoms with E-state index in [9.17, 15) is 4.79 Å². The summed E-state index contributed by atoms with van der Waals surface area (Å²) in [6, 6.07) is 1.80. The number of aryl methyl sites for hydroxylation is 1. The average molecular weight is 194 g/mol. The molecule has 2 rings (SSSR count). The lowest BCUT2D eigenvalue weighted by Crippen LogP contribution is -2.25. The van der Waals surface area contributed by atoms with E-state index in [1.54, 1.807) is 0 Å². The predicted octanol–water partition coefficient (Wildman–Crippen LogP) is 1.67. The SMILES string of the molecule is CCN1Nc2oc(=O)cc(C)c2C1C. The summed E-state index contributed by atoms with van der Waals surface area (Å²) in [6.45, 7) is 6.96. The first-order valence-electron chi connectivity index (χ1n) is 4.81. The van der Waals surface area contributed by atoms with Crippen LogP contribution in [0.5, 0.6) is 0 Å². The minimum atomic E-state index is -0.293. The van der Waals surface area contributed by atoms with Gasteiger partial charge < -0.3 is 4.42 Å². The van der Waals surface area contributed by atoms with Crippen molar-refractivity contribution in [2.75, 3.05) is 12.0 Å². The highest BCUT2D eigenvalue weighted by atomic mass is 16.4. The normalized spacial score (nSPS) is 20.6. The van der Waals surface area contributed by atoms with Crippen molar-refractivity contribution in [1.29, 1.82) is 0 Å². The van der Waals surface area contributed by atoms with Gasteiger partial charge in [0.1, 0.15) is 0 Å². The molecular weight excluding hydrogens is 180 g/mol. The van der Waals surface area contributed by atoms with Crippen LogP contribution in [0, 0.1) is 6.92 Å². The Hall–Kier alpha value is -1.29. The van der Waals surface area contributed by atoms with Crippen LogP contribution in [0.4, 0.5) is 5.88 Å². The Bertz CT molecular complexity index is 411. The molecule has 1 unspecified atom stereocenters. The van der Waals surface area contributed by atoms with Gasteiger partial charge in [0, 0.05) is 18.2 Å². The summed E-state index contributed by atoms with van der Waals surface area (Å²) in [6.07, 6.45) is 0. The third kappa shape index (κ3) is 1.23. The summed E-state index contributed by atoms with van der Waals surface area (Å²) < 4.78 is 5.09. The van der Waals surface area contributed by atoms with Crippen LogP contribution in [0.3, 0.4) is 0 Å². The van der Waals surface area contributed by atoms with Gasteiger partial charge in [0.05, 0.1) is 6.04 Å². The number of hydrogen-bond donors (Lipinski definition) is 1. The van der Waals surface area contributed by atoms with Crippen molar-refractivity contribution in [3.8, 4) is 0 Å². The maximum absolute atomic E-state index is 11.1. The van der Waals surface area contributed by atoms with Crippen molar-refractivity contribution in [3.05, 3.63) is 27.6 Å². The van der Waals surface area contributed by atoms with Gasteiger partial charge in [0.15, 0.2) is 0 Å². The van der Waals surface area contributed by atoms with Crippen LogP contribution in [0.15, 0.2) is 15.3 Å². The molecule has 0 saturated carbocycles. The highest BCUT2D eigenvalue weighted by Crippen LogP contribution is 2.35. The fourth-order valence-electron chi connectivity index (χ4n) is 1.96. The molecule has 0 aromatic carbocycles. The Morgan fingerprint density at radius 2 is 2.36 bits per heavy atom. The first-order chi connectivity index (χ1) is 6.63. The van der Waals surface area contributed by atoms with Gasteiger partial charge in [-0.2, -0.15) is 0 Å². The number of anilines is 1. The van der Waals surface area contributed by atoms with Gasteiger partial charge in [0.25, 0.3) is 0 Å². The van der Waals surface area contributed by atoms with Crippen LogP contribution in [0.25, 0.3) is 0 Å². The van der Waals surface area contributed by atoms with E-state index >= 15 is 0 Å². The van der Waals surface area contributed by atoms with Crippen LogP contribution < -0.4 is 11.1 Å². The molecular formula is C10H14N2O2. The molecule has 1 N–H and O–H groups in total. The van der Waals surface area contributed by atoms with Crippen molar-refractivity contribution >= 4 is 5.88 Å². The predicted molar refractivity (Wildman–Crippen MR) is 54.1 cm³/mol. The van der Waals surface area contributed by atoms with Gasteiger partial charge in [0.2, 0.25) is 5.88 Å². The molecule has 0 amide bonds. The summed E-state index contributed by atoms with van der Waals surface area (Å²) in [7, 11) is 0. The zero-order valence-electron chi connectivity index (χ0n) is 8.63. The van der Waals surface area contributed by atoms with Crippen molar-refractivity contribution in [1.82, 2.24) is 5.01 Å². The highest BCUT2D eigenvalue weighted by molar-refractivity contribution is 5.50. The molecule has 14 heavy (non-hydrogen) atoms. The number of hydrazine groups is 1. The number of nitrogens with one attached hydrogen (secondary N) is 1. The van der Waals surface area contributed by atoms with Crippen molar-refractivity contribution < 1.29 is 4.42 Å². The zero-order valence-corrected chi connectivity index (χ0v) is 8.63. The summed E-state index contributed by atoms with van der Waals surface area (Å²) in [4.78, 5) is 11.1. The van der Waals surface area contributed by atoms with Gasteiger partial charge >= 0.3 is 5.63 Å². The van der Waals surface area contributed by atoms with Crippen molar-refractivity contribution in [3.63, 3.8) is 0 Å². The molecule has 0 spiro atoms. The van der Waals surface area contributed by atoms with Crippen LogP contribution in [0.1, 0.15) is 31.0 Å². The lowest BCUT2D eigenvalue weighted by Gasteiger charge is -2.18. The van der Waals surface area contributed by atoms with E-state index in [0.717, 1.165) is 17.7 Å². The highest BCUT2D eigenvalue weighted by Gasteiger charge is 2.29. The second kappa shape index (κ2) is 3.13. The van der Waals surface area contributed by atoms with Crippen LogP contribution in [0.2, 0.25) is 0 Å². The number of rotatable bonds is 1. The molecule has 0 bridgehead atoms. The fourth-order valence-corrected chi connectivity index (χ4v) is 1.96. The van der Waals surface area contributed by atoms with E-state index in [4.69, 9.17) is 4.42 Å². The molecule has 0 radical (unpaired) electrons. The van der Waals surface area contributed by atoms with Gasteiger partial charge in [-0.25, -0.2) is 9.80 Å². The molecule has 2 heterocycles. The molecule has 1 aliphatic rings. The smallest absolute Gasteiger partial charge is 0.337 e. The minimum absolute atomic E-state index is 0.263. The van der Waals surface area contributed by atoms with Crippen molar-refractivity contribution in [2.45, 2.75) is 26.8 Å². The topological polar surface area (TPSA) is 45.5 Å². The third-order valence-electron chi connectivity index (χ3n) is 2.68. The monoisotopic (exact) mass is 194 g/mol. The van der Waals surface area contributed by atoms with Crippen LogP contribution >= 0.6 is 0 Å². The lowest BCUT2D eigenvalue weighted by molar-refractivity contribution is 0.291. The van der Waals surface area contributed by atoms with E-state index in [-0.39, 0.29) is 11.7 Å². The Morgan fingerprint density at radius 1 is 1.64 bits per heavy atom. The van der Waals surface area contributed by atoms with Gasteiger partial charge in [-0.15, -0.1) is 0 Å². The molecule has 0 saturated heterocycles. The standard InChI is InChI=1S/C10H14N2O2/c1-4-12-7(3)9-6(2)5-8(13)14-10(9)11-12/h5,7,11H,4H2,1-3H3. The minimum Gasteiger partial charge on any atom is -0.405 e. The molecule has 0 aliphatic carbocycles. The third-order valence-corrected chi connectivity index (χ3v) is 2.68. The van der Waals surface area contributed by atoms with E-state index in [2.05, 4.69) is 19.3 Å². The van der Waals surface area contributed by atoms with Gasteiger partial charge in [-0.1, -0.05) is 6.92 Å². The Labute approximate surface area is 82.5 Å². The molecule has 1 aliphatic heterocycles. The first kappa shape index (κ1) is 9.27. The molecule has 1 atom stereocenters. The second-order valence-corrected chi connectivity index (χ2v) is 3.57. The van der Waals surface area contributed by atoms with E-state index in [1.165, 1.54) is 6.07 Å².